The van der Waals surface area contributed by atoms with Gasteiger partial charge < -0.3 is 14.4 Å². The van der Waals surface area contributed by atoms with E-state index in [0.29, 0.717) is 31.6 Å². The maximum atomic E-state index is 14.1. The minimum atomic E-state index is -0.567. The van der Waals surface area contributed by atoms with Gasteiger partial charge in [0.2, 0.25) is 5.82 Å². The number of hydrogen-bond donors (Lipinski definition) is 0. The van der Waals surface area contributed by atoms with Crippen LogP contribution in [-0.4, -0.2) is 46.6 Å². The van der Waals surface area contributed by atoms with Gasteiger partial charge in [-0.1, -0.05) is 19.1 Å². The van der Waals surface area contributed by atoms with Gasteiger partial charge in [0.25, 0.3) is 11.8 Å². The number of aromatic nitrogens is 2. The molecule has 0 aliphatic carbocycles. The molecule has 2 heterocycles. The number of rotatable bonds is 6. The van der Waals surface area contributed by atoms with Gasteiger partial charge in [0, 0.05) is 13.0 Å². The van der Waals surface area contributed by atoms with Gasteiger partial charge in [-0.3, -0.25) is 4.79 Å². The second-order valence-electron chi connectivity index (χ2n) is 5.88. The number of amides is 1. The molecular formula is C18H19F2N3O3. The molecule has 1 amide bonds. The molecule has 1 saturated heterocycles. The average Bonchev–Trinajstić information content (AvgIpc) is 3.11. The van der Waals surface area contributed by atoms with Gasteiger partial charge in [-0.05, 0) is 18.6 Å². The summed E-state index contributed by atoms with van der Waals surface area (Å²) in [6.45, 7) is 2.28. The molecule has 6 nitrogen and oxygen atoms in total. The number of carbonyl (C=O) groups is 1. The number of benzene rings is 1. The molecule has 0 spiro atoms. The summed E-state index contributed by atoms with van der Waals surface area (Å²) in [6, 6.07) is 5.90. The number of likely N-dealkylation sites (tertiary alicyclic amines) is 1. The minimum absolute atomic E-state index is 0.0306. The van der Waals surface area contributed by atoms with E-state index in [2.05, 4.69) is 9.97 Å². The van der Waals surface area contributed by atoms with Gasteiger partial charge in [0.05, 0.1) is 12.2 Å². The zero-order valence-electron chi connectivity index (χ0n) is 14.3. The predicted molar refractivity (Wildman–Crippen MR) is 88.9 cm³/mol. The van der Waals surface area contributed by atoms with Crippen molar-refractivity contribution >= 4 is 5.91 Å². The smallest absolute Gasteiger partial charge is 0.260 e. The fraction of sp³-hybridized carbons (Fsp3) is 0.389. The number of carbonyl (C=O) groups excluding carboxylic acids is 1. The van der Waals surface area contributed by atoms with E-state index >= 15 is 0 Å². The summed E-state index contributed by atoms with van der Waals surface area (Å²) in [5.41, 5.74) is 0.291. The van der Waals surface area contributed by atoms with Crippen molar-refractivity contribution in [3.05, 3.63) is 47.9 Å². The van der Waals surface area contributed by atoms with Crippen LogP contribution in [0.25, 0.3) is 0 Å². The summed E-state index contributed by atoms with van der Waals surface area (Å²) in [6.07, 6.45) is 1.89. The van der Waals surface area contributed by atoms with Crippen molar-refractivity contribution in [3.8, 4) is 11.6 Å². The molecule has 138 valence electrons. The van der Waals surface area contributed by atoms with Crippen LogP contribution in [0, 0.1) is 11.6 Å². The predicted octanol–water partition coefficient (Wildman–Crippen LogP) is 2.38. The van der Waals surface area contributed by atoms with Crippen LogP contribution in [0.1, 0.15) is 19.0 Å². The normalized spacial score (nSPS) is 16.6. The number of halogens is 2. The van der Waals surface area contributed by atoms with E-state index in [1.807, 2.05) is 0 Å². The molecule has 1 atom stereocenters. The summed E-state index contributed by atoms with van der Waals surface area (Å²) < 4.78 is 38.5. The molecule has 0 bridgehead atoms. The number of nitrogens with zero attached hydrogens (tertiary/aromatic N) is 3. The van der Waals surface area contributed by atoms with Crippen LogP contribution in [0.3, 0.4) is 0 Å². The molecule has 3 rings (SSSR count). The zero-order valence-corrected chi connectivity index (χ0v) is 14.3. The molecule has 26 heavy (non-hydrogen) atoms. The summed E-state index contributed by atoms with van der Waals surface area (Å²) in [4.78, 5) is 21.5. The maximum absolute atomic E-state index is 14.1. The second-order valence-corrected chi connectivity index (χ2v) is 5.88. The van der Waals surface area contributed by atoms with Crippen molar-refractivity contribution in [2.75, 3.05) is 19.7 Å². The molecule has 1 aliphatic heterocycles. The van der Waals surface area contributed by atoms with Crippen molar-refractivity contribution in [3.63, 3.8) is 0 Å². The Kier molecular flexibility index (Phi) is 5.60. The summed E-state index contributed by atoms with van der Waals surface area (Å²) in [5, 5.41) is 0. The summed E-state index contributed by atoms with van der Waals surface area (Å²) >= 11 is 0. The van der Waals surface area contributed by atoms with Crippen molar-refractivity contribution in [2.45, 2.75) is 25.9 Å². The number of ether oxygens (including phenoxy) is 2. The Morgan fingerprint density at radius 2 is 2.12 bits per heavy atom. The molecule has 1 aliphatic rings. The molecule has 1 aromatic carbocycles. The third-order valence-corrected chi connectivity index (χ3v) is 4.13. The quantitative estimate of drug-likeness (QED) is 0.788. The molecule has 0 saturated carbocycles. The van der Waals surface area contributed by atoms with Crippen molar-refractivity contribution in [1.82, 2.24) is 14.9 Å². The highest BCUT2D eigenvalue weighted by Gasteiger charge is 2.29. The number of hydrogen-bond acceptors (Lipinski definition) is 5. The Morgan fingerprint density at radius 1 is 1.31 bits per heavy atom. The van der Waals surface area contributed by atoms with E-state index in [4.69, 9.17) is 9.47 Å². The first-order valence-corrected chi connectivity index (χ1v) is 8.39. The largest absolute Gasteiger partial charge is 0.481 e. The lowest BCUT2D eigenvalue weighted by Gasteiger charge is -2.17. The first-order chi connectivity index (χ1) is 12.6. The van der Waals surface area contributed by atoms with Crippen LogP contribution in [-0.2, 0) is 11.2 Å². The van der Waals surface area contributed by atoms with E-state index in [9.17, 15) is 13.6 Å². The Balaban J connectivity index is 1.53. The van der Waals surface area contributed by atoms with Crippen LogP contribution in [0.15, 0.2) is 30.6 Å². The lowest BCUT2D eigenvalue weighted by Crippen LogP contribution is -2.34. The van der Waals surface area contributed by atoms with Crippen molar-refractivity contribution in [1.29, 1.82) is 0 Å². The van der Waals surface area contributed by atoms with Gasteiger partial charge in [-0.15, -0.1) is 0 Å². The molecule has 1 unspecified atom stereocenters. The number of aryl methyl sites for hydroxylation is 1. The lowest BCUT2D eigenvalue weighted by atomic mass is 10.3. The third kappa shape index (κ3) is 4.07. The van der Waals surface area contributed by atoms with Gasteiger partial charge in [0.15, 0.2) is 18.2 Å². The van der Waals surface area contributed by atoms with Gasteiger partial charge in [-0.2, -0.15) is 9.37 Å². The fourth-order valence-corrected chi connectivity index (χ4v) is 2.72. The van der Waals surface area contributed by atoms with E-state index in [1.54, 1.807) is 24.0 Å². The third-order valence-electron chi connectivity index (χ3n) is 4.13. The SMILES string of the molecule is CCc1ncnc(OC2CCN(C(=O)COc3ccccc3F)C2)c1F. The highest BCUT2D eigenvalue weighted by molar-refractivity contribution is 5.78. The molecule has 8 heteroatoms. The molecule has 0 radical (unpaired) electrons. The molecular weight excluding hydrogens is 344 g/mol. The van der Waals surface area contributed by atoms with Crippen LogP contribution >= 0.6 is 0 Å². The van der Waals surface area contributed by atoms with Gasteiger partial charge in [0.1, 0.15) is 12.4 Å². The van der Waals surface area contributed by atoms with Crippen LogP contribution in [0.5, 0.6) is 11.6 Å². The second kappa shape index (κ2) is 8.07. The van der Waals surface area contributed by atoms with E-state index in [-0.39, 0.29) is 30.2 Å². The standard InChI is InChI=1S/C18H19F2N3O3/c1-2-14-17(20)18(22-11-21-14)26-12-7-8-23(9-12)16(24)10-25-15-6-4-3-5-13(15)19/h3-6,11-12H,2,7-10H2,1H3. The van der Waals surface area contributed by atoms with Crippen molar-refractivity contribution < 1.29 is 23.0 Å². The topological polar surface area (TPSA) is 64.6 Å². The van der Waals surface area contributed by atoms with E-state index in [0.717, 1.165) is 0 Å². The monoisotopic (exact) mass is 363 g/mol. The molecule has 1 aromatic heterocycles. The van der Waals surface area contributed by atoms with Gasteiger partial charge in [-0.25, -0.2) is 9.37 Å². The van der Waals surface area contributed by atoms with Crippen LogP contribution in [0.4, 0.5) is 8.78 Å². The molecule has 2 aromatic rings. The maximum Gasteiger partial charge on any atom is 0.260 e. The Morgan fingerprint density at radius 3 is 2.88 bits per heavy atom. The average molecular weight is 363 g/mol. The molecule has 0 N–H and O–H groups in total. The number of para-hydroxylation sites is 1. The van der Waals surface area contributed by atoms with Gasteiger partial charge >= 0.3 is 0 Å². The van der Waals surface area contributed by atoms with Crippen molar-refractivity contribution in [2.24, 2.45) is 0 Å². The highest BCUT2D eigenvalue weighted by atomic mass is 19.1. The highest BCUT2D eigenvalue weighted by Crippen LogP contribution is 2.21. The first-order valence-electron chi connectivity index (χ1n) is 8.39. The Labute approximate surface area is 149 Å². The zero-order chi connectivity index (χ0) is 18.5. The lowest BCUT2D eigenvalue weighted by molar-refractivity contribution is -0.132. The minimum Gasteiger partial charge on any atom is -0.481 e. The van der Waals surface area contributed by atoms with E-state index < -0.39 is 11.6 Å². The first kappa shape index (κ1) is 18.0. The molecule has 1 fully saturated rings. The van der Waals surface area contributed by atoms with Crippen LogP contribution < -0.4 is 9.47 Å². The summed E-state index contributed by atoms with van der Waals surface area (Å²) in [7, 11) is 0. The summed E-state index contributed by atoms with van der Waals surface area (Å²) in [5.74, 6) is -1.44. The van der Waals surface area contributed by atoms with Crippen LogP contribution in [0.2, 0.25) is 0 Å². The Hall–Kier alpha value is -2.77. The Bertz CT molecular complexity index is 788. The van der Waals surface area contributed by atoms with E-state index in [1.165, 1.54) is 18.5 Å². The fourth-order valence-electron chi connectivity index (χ4n) is 2.72.